The second-order valence-corrected chi connectivity index (χ2v) is 6.86. The summed E-state index contributed by atoms with van der Waals surface area (Å²) in [5.74, 6) is -0.582. The van der Waals surface area contributed by atoms with Gasteiger partial charge in [0.1, 0.15) is 5.82 Å². The van der Waals surface area contributed by atoms with Crippen LogP contribution in [0.25, 0.3) is 0 Å². The van der Waals surface area contributed by atoms with Gasteiger partial charge in [0, 0.05) is 11.6 Å². The van der Waals surface area contributed by atoms with Gasteiger partial charge in [0.15, 0.2) is 0 Å². The Bertz CT molecular complexity index is 502. The molecule has 19 heavy (non-hydrogen) atoms. The van der Waals surface area contributed by atoms with E-state index < -0.39 is 21.1 Å². The van der Waals surface area contributed by atoms with Crippen LogP contribution in [0.1, 0.15) is 20.3 Å². The molecule has 0 aliphatic rings. The lowest BCUT2D eigenvalue weighted by Crippen LogP contribution is -2.35. The van der Waals surface area contributed by atoms with E-state index in [9.17, 15) is 12.8 Å². The third-order valence-corrected chi connectivity index (χ3v) is 4.48. The van der Waals surface area contributed by atoms with Crippen molar-refractivity contribution in [3.05, 3.63) is 29.0 Å². The molecule has 0 aliphatic carbocycles. The van der Waals surface area contributed by atoms with Crippen LogP contribution >= 0.6 is 11.6 Å². The van der Waals surface area contributed by atoms with Gasteiger partial charge in [0.05, 0.1) is 10.9 Å². The second-order valence-electron chi connectivity index (χ2n) is 4.32. The Morgan fingerprint density at radius 3 is 2.63 bits per heavy atom. The van der Waals surface area contributed by atoms with E-state index in [2.05, 4.69) is 10.0 Å². The molecule has 0 spiro atoms. The van der Waals surface area contributed by atoms with Gasteiger partial charge in [-0.25, -0.2) is 12.8 Å². The predicted octanol–water partition coefficient (Wildman–Crippen LogP) is 2.61. The molecule has 1 aromatic carbocycles. The van der Waals surface area contributed by atoms with E-state index in [0.29, 0.717) is 6.54 Å². The van der Waals surface area contributed by atoms with Gasteiger partial charge in [-0.15, -0.1) is 0 Å². The quantitative estimate of drug-likeness (QED) is 0.761. The van der Waals surface area contributed by atoms with E-state index in [1.807, 2.05) is 6.92 Å². The molecule has 1 unspecified atom stereocenters. The van der Waals surface area contributed by atoms with Gasteiger partial charge in [0.2, 0.25) is 10.0 Å². The average molecular weight is 309 g/mol. The molecule has 108 valence electrons. The van der Waals surface area contributed by atoms with E-state index in [1.54, 1.807) is 6.92 Å². The SMILES string of the molecule is CCCNCC(C)S(=O)(=O)Nc1cc(F)cc(Cl)c1. The topological polar surface area (TPSA) is 58.2 Å². The number of hydrogen-bond donors (Lipinski definition) is 2. The van der Waals surface area contributed by atoms with Gasteiger partial charge in [-0.1, -0.05) is 18.5 Å². The van der Waals surface area contributed by atoms with Gasteiger partial charge >= 0.3 is 0 Å². The Balaban J connectivity index is 2.72. The predicted molar refractivity (Wildman–Crippen MR) is 76.6 cm³/mol. The van der Waals surface area contributed by atoms with Crippen molar-refractivity contribution >= 4 is 27.3 Å². The molecular formula is C12H18ClFN2O2S. The van der Waals surface area contributed by atoms with Crippen molar-refractivity contribution in [1.82, 2.24) is 5.32 Å². The molecule has 0 radical (unpaired) electrons. The van der Waals surface area contributed by atoms with Gasteiger partial charge in [0.25, 0.3) is 0 Å². The summed E-state index contributed by atoms with van der Waals surface area (Å²) in [5, 5.41) is 2.55. The fourth-order valence-electron chi connectivity index (χ4n) is 1.47. The Kier molecular flexibility index (Phi) is 6.03. The molecule has 1 rings (SSSR count). The van der Waals surface area contributed by atoms with Crippen molar-refractivity contribution in [2.45, 2.75) is 25.5 Å². The van der Waals surface area contributed by atoms with Crippen LogP contribution in [0.15, 0.2) is 18.2 Å². The minimum atomic E-state index is -3.57. The van der Waals surface area contributed by atoms with E-state index in [1.165, 1.54) is 6.07 Å². The van der Waals surface area contributed by atoms with Crippen LogP contribution < -0.4 is 10.0 Å². The molecule has 4 nitrogen and oxygen atoms in total. The molecule has 0 aromatic heterocycles. The van der Waals surface area contributed by atoms with Crippen LogP contribution in [-0.4, -0.2) is 26.8 Å². The van der Waals surface area contributed by atoms with E-state index >= 15 is 0 Å². The second kappa shape index (κ2) is 7.07. The largest absolute Gasteiger partial charge is 0.315 e. The lowest BCUT2D eigenvalue weighted by atomic mass is 10.3. The van der Waals surface area contributed by atoms with Crippen molar-refractivity contribution in [3.8, 4) is 0 Å². The van der Waals surface area contributed by atoms with Gasteiger partial charge in [-0.05, 0) is 38.1 Å². The van der Waals surface area contributed by atoms with Gasteiger partial charge < -0.3 is 5.32 Å². The summed E-state index contributed by atoms with van der Waals surface area (Å²) >= 11 is 5.67. The van der Waals surface area contributed by atoms with Crippen molar-refractivity contribution < 1.29 is 12.8 Å². The summed E-state index contributed by atoms with van der Waals surface area (Å²) in [4.78, 5) is 0. The number of halogens is 2. The Labute approximate surface area is 118 Å². The number of benzene rings is 1. The van der Waals surface area contributed by atoms with Gasteiger partial charge in [-0.2, -0.15) is 0 Å². The number of nitrogens with one attached hydrogen (secondary N) is 2. The first kappa shape index (κ1) is 16.2. The van der Waals surface area contributed by atoms with Crippen molar-refractivity contribution in [2.75, 3.05) is 17.8 Å². The first-order valence-electron chi connectivity index (χ1n) is 6.03. The van der Waals surface area contributed by atoms with Gasteiger partial charge in [-0.3, -0.25) is 4.72 Å². The molecule has 0 saturated heterocycles. The van der Waals surface area contributed by atoms with Crippen LogP contribution in [0.4, 0.5) is 10.1 Å². The molecule has 1 atom stereocenters. The van der Waals surface area contributed by atoms with Crippen LogP contribution in [-0.2, 0) is 10.0 Å². The number of rotatable bonds is 7. The first-order chi connectivity index (χ1) is 8.85. The molecule has 0 amide bonds. The molecule has 0 saturated carbocycles. The zero-order chi connectivity index (χ0) is 14.5. The lowest BCUT2D eigenvalue weighted by Gasteiger charge is -2.15. The molecular weight excluding hydrogens is 291 g/mol. The first-order valence-corrected chi connectivity index (χ1v) is 7.96. The van der Waals surface area contributed by atoms with Crippen molar-refractivity contribution in [1.29, 1.82) is 0 Å². The van der Waals surface area contributed by atoms with Crippen LogP contribution in [0, 0.1) is 5.82 Å². The summed E-state index contributed by atoms with van der Waals surface area (Å²) in [7, 11) is -3.57. The molecule has 2 N–H and O–H groups in total. The number of anilines is 1. The summed E-state index contributed by atoms with van der Waals surface area (Å²) in [6.45, 7) is 4.68. The zero-order valence-corrected chi connectivity index (χ0v) is 12.5. The fraction of sp³-hybridized carbons (Fsp3) is 0.500. The van der Waals surface area contributed by atoms with Crippen LogP contribution in [0.5, 0.6) is 0 Å². The highest BCUT2D eigenvalue weighted by atomic mass is 35.5. The maximum Gasteiger partial charge on any atom is 0.236 e. The average Bonchev–Trinajstić information content (AvgIpc) is 2.26. The summed E-state index contributed by atoms with van der Waals surface area (Å²) in [5.41, 5.74) is 0.132. The van der Waals surface area contributed by atoms with Crippen LogP contribution in [0.3, 0.4) is 0 Å². The van der Waals surface area contributed by atoms with Crippen molar-refractivity contribution in [2.24, 2.45) is 0 Å². The smallest absolute Gasteiger partial charge is 0.236 e. The summed E-state index contributed by atoms with van der Waals surface area (Å²) in [6, 6.07) is 3.58. The van der Waals surface area contributed by atoms with E-state index in [-0.39, 0.29) is 10.7 Å². The monoisotopic (exact) mass is 308 g/mol. The maximum absolute atomic E-state index is 13.1. The highest BCUT2D eigenvalue weighted by Crippen LogP contribution is 2.19. The number of sulfonamides is 1. The molecule has 1 aromatic rings. The molecule has 0 bridgehead atoms. The van der Waals surface area contributed by atoms with Crippen LogP contribution in [0.2, 0.25) is 5.02 Å². The Morgan fingerprint density at radius 2 is 2.05 bits per heavy atom. The normalized spacial score (nSPS) is 13.3. The standard InChI is InChI=1S/C12H18ClFN2O2S/c1-3-4-15-8-9(2)19(17,18)16-12-6-10(13)5-11(14)7-12/h5-7,9,15-16H,3-4,8H2,1-2H3. The molecule has 0 aliphatic heterocycles. The molecule has 7 heteroatoms. The Morgan fingerprint density at radius 1 is 1.37 bits per heavy atom. The fourth-order valence-corrected chi connectivity index (χ4v) is 2.68. The molecule has 0 fully saturated rings. The van der Waals surface area contributed by atoms with E-state index in [0.717, 1.165) is 25.1 Å². The van der Waals surface area contributed by atoms with E-state index in [4.69, 9.17) is 11.6 Å². The lowest BCUT2D eigenvalue weighted by molar-refractivity contribution is 0.575. The third kappa shape index (κ3) is 5.34. The number of hydrogen-bond acceptors (Lipinski definition) is 3. The Hall–Kier alpha value is -0.850. The maximum atomic E-state index is 13.1. The minimum absolute atomic E-state index is 0.132. The highest BCUT2D eigenvalue weighted by molar-refractivity contribution is 7.93. The third-order valence-electron chi connectivity index (χ3n) is 2.51. The highest BCUT2D eigenvalue weighted by Gasteiger charge is 2.20. The summed E-state index contributed by atoms with van der Waals surface area (Å²) in [6.07, 6.45) is 0.930. The summed E-state index contributed by atoms with van der Waals surface area (Å²) < 4.78 is 39.5. The van der Waals surface area contributed by atoms with Crippen molar-refractivity contribution in [3.63, 3.8) is 0 Å². The zero-order valence-electron chi connectivity index (χ0n) is 10.9. The minimum Gasteiger partial charge on any atom is -0.315 e. The molecule has 0 heterocycles.